The van der Waals surface area contributed by atoms with Gasteiger partial charge in [0.1, 0.15) is 0 Å². The van der Waals surface area contributed by atoms with E-state index in [0.29, 0.717) is 5.56 Å². The van der Waals surface area contributed by atoms with Crippen molar-refractivity contribution in [1.82, 2.24) is 0 Å². The highest BCUT2D eigenvalue weighted by Crippen LogP contribution is 2.23. The van der Waals surface area contributed by atoms with E-state index in [-0.39, 0.29) is 5.97 Å². The number of hydrogen-bond acceptors (Lipinski definition) is 4. The summed E-state index contributed by atoms with van der Waals surface area (Å²) in [5, 5.41) is 0. The van der Waals surface area contributed by atoms with Crippen LogP contribution in [0.1, 0.15) is 10.4 Å². The number of rotatable bonds is 3. The van der Waals surface area contributed by atoms with Crippen molar-refractivity contribution in [3.8, 4) is 0 Å². The van der Waals surface area contributed by atoms with E-state index in [4.69, 9.17) is 0 Å². The van der Waals surface area contributed by atoms with Gasteiger partial charge in [-0.05, 0) is 18.2 Å². The van der Waals surface area contributed by atoms with Crippen LogP contribution in [0.4, 0.5) is 5.69 Å². The third-order valence-corrected chi connectivity index (χ3v) is 2.52. The summed E-state index contributed by atoms with van der Waals surface area (Å²) < 4.78 is 8.53. The number of nitrogens with one attached hydrogen (secondary N) is 1. The number of methoxy groups -OCH3 is 1. The maximum absolute atomic E-state index is 11.4. The van der Waals surface area contributed by atoms with Crippen LogP contribution in [-0.4, -0.2) is 19.3 Å². The van der Waals surface area contributed by atoms with Crippen LogP contribution in [0, 0.1) is 0 Å². The number of esters is 1. The van der Waals surface area contributed by atoms with Crippen LogP contribution in [-0.2, 0) is 4.74 Å². The van der Waals surface area contributed by atoms with Crippen molar-refractivity contribution in [2.75, 3.05) is 18.1 Å². The molecule has 0 amide bonds. The number of ether oxygens (including phenoxy) is 1. The molecular formula is C9H10BrNO2S. The van der Waals surface area contributed by atoms with Crippen molar-refractivity contribution in [3.63, 3.8) is 0 Å². The normalized spacial score (nSPS) is 9.64. The average molecular weight is 276 g/mol. The van der Waals surface area contributed by atoms with Crippen molar-refractivity contribution < 1.29 is 9.53 Å². The van der Waals surface area contributed by atoms with Gasteiger partial charge in [-0.3, -0.25) is 0 Å². The zero-order chi connectivity index (χ0) is 10.6. The third kappa shape index (κ3) is 2.65. The molecule has 0 aromatic heterocycles. The second-order valence-corrected chi connectivity index (χ2v) is 4.02. The van der Waals surface area contributed by atoms with E-state index in [1.54, 1.807) is 6.07 Å². The lowest BCUT2D eigenvalue weighted by molar-refractivity contribution is 0.0602. The number of benzene rings is 1. The van der Waals surface area contributed by atoms with Gasteiger partial charge in [-0.15, -0.1) is 0 Å². The first-order valence-corrected chi connectivity index (χ1v) is 5.87. The molecule has 1 aromatic carbocycles. The Morgan fingerprint density at radius 3 is 2.86 bits per heavy atom. The molecule has 3 nitrogen and oxygen atoms in total. The highest BCUT2D eigenvalue weighted by Gasteiger charge is 2.11. The molecule has 0 spiro atoms. The highest BCUT2D eigenvalue weighted by molar-refractivity contribution is 9.10. The van der Waals surface area contributed by atoms with E-state index in [9.17, 15) is 4.79 Å². The number of anilines is 1. The zero-order valence-electron chi connectivity index (χ0n) is 7.83. The fourth-order valence-electron chi connectivity index (χ4n) is 0.994. The van der Waals surface area contributed by atoms with Gasteiger partial charge in [0.25, 0.3) is 0 Å². The van der Waals surface area contributed by atoms with E-state index in [2.05, 4.69) is 25.4 Å². The molecule has 0 saturated heterocycles. The number of halogens is 1. The van der Waals surface area contributed by atoms with E-state index >= 15 is 0 Å². The molecule has 0 bridgehead atoms. The molecule has 0 aliphatic carbocycles. The summed E-state index contributed by atoms with van der Waals surface area (Å²) in [5.74, 6) is -0.345. The Bertz CT molecular complexity index is 344. The topological polar surface area (TPSA) is 38.3 Å². The quantitative estimate of drug-likeness (QED) is 0.680. The molecule has 14 heavy (non-hydrogen) atoms. The van der Waals surface area contributed by atoms with Crippen molar-refractivity contribution >= 4 is 39.5 Å². The molecule has 0 aliphatic rings. The molecule has 1 aromatic rings. The Hall–Kier alpha value is -0.680. The van der Waals surface area contributed by atoms with Gasteiger partial charge in [0.2, 0.25) is 0 Å². The van der Waals surface area contributed by atoms with Gasteiger partial charge in [0, 0.05) is 10.7 Å². The first-order valence-electron chi connectivity index (χ1n) is 3.86. The summed E-state index contributed by atoms with van der Waals surface area (Å²) in [7, 11) is 1.37. The first-order chi connectivity index (χ1) is 6.69. The van der Waals surface area contributed by atoms with Gasteiger partial charge in [-0.2, -0.15) is 0 Å². The average Bonchev–Trinajstić information content (AvgIpc) is 2.20. The Labute approximate surface area is 95.5 Å². The summed E-state index contributed by atoms with van der Waals surface area (Å²) in [6, 6.07) is 5.42. The Kier molecular flexibility index (Phi) is 4.28. The Balaban J connectivity index is 3.08. The second-order valence-electron chi connectivity index (χ2n) is 2.49. The lowest BCUT2D eigenvalue weighted by Crippen LogP contribution is -2.04. The predicted molar refractivity (Wildman–Crippen MR) is 62.6 cm³/mol. The number of carbonyl (C=O) groups excluding carboxylic acids is 1. The molecule has 76 valence electrons. The molecule has 1 N–H and O–H groups in total. The maximum Gasteiger partial charge on any atom is 0.340 e. The smallest absolute Gasteiger partial charge is 0.340 e. The van der Waals surface area contributed by atoms with Crippen LogP contribution < -0.4 is 4.72 Å². The summed E-state index contributed by atoms with van der Waals surface area (Å²) in [4.78, 5) is 11.4. The fraction of sp³-hybridized carbons (Fsp3) is 0.222. The number of hydrogen-bond donors (Lipinski definition) is 1. The third-order valence-electron chi connectivity index (χ3n) is 1.60. The van der Waals surface area contributed by atoms with Gasteiger partial charge in [0.15, 0.2) is 0 Å². The van der Waals surface area contributed by atoms with Crippen LogP contribution in [0.25, 0.3) is 0 Å². The molecule has 0 atom stereocenters. The van der Waals surface area contributed by atoms with Crippen LogP contribution in [0.5, 0.6) is 0 Å². The van der Waals surface area contributed by atoms with Gasteiger partial charge in [-0.25, -0.2) is 4.79 Å². The number of carbonyl (C=O) groups is 1. The fourth-order valence-corrected chi connectivity index (χ4v) is 1.75. The minimum atomic E-state index is -0.345. The van der Waals surface area contributed by atoms with Crippen LogP contribution >= 0.6 is 27.9 Å². The Morgan fingerprint density at radius 1 is 1.57 bits per heavy atom. The van der Waals surface area contributed by atoms with E-state index in [0.717, 1.165) is 10.2 Å². The Morgan fingerprint density at radius 2 is 2.29 bits per heavy atom. The summed E-state index contributed by atoms with van der Waals surface area (Å²) in [5.41, 5.74) is 1.28. The molecule has 0 heterocycles. The standard InChI is InChI=1S/C9H10BrNO2S/c1-13-9(12)7-5-6(10)3-4-8(7)11-14-2/h3-5,11H,1-2H3. The lowest BCUT2D eigenvalue weighted by atomic mass is 10.2. The van der Waals surface area contributed by atoms with Gasteiger partial charge in [0.05, 0.1) is 18.4 Å². The lowest BCUT2D eigenvalue weighted by Gasteiger charge is -2.08. The second kappa shape index (κ2) is 5.26. The monoisotopic (exact) mass is 275 g/mol. The molecular weight excluding hydrogens is 266 g/mol. The van der Waals surface area contributed by atoms with E-state index in [1.807, 2.05) is 18.4 Å². The van der Waals surface area contributed by atoms with Crippen molar-refractivity contribution in [1.29, 1.82) is 0 Å². The summed E-state index contributed by atoms with van der Waals surface area (Å²) >= 11 is 4.73. The SMILES string of the molecule is COC(=O)c1cc(Br)ccc1NSC. The van der Waals surface area contributed by atoms with Crippen LogP contribution in [0.2, 0.25) is 0 Å². The molecule has 0 fully saturated rings. The summed E-state index contributed by atoms with van der Waals surface area (Å²) in [6.45, 7) is 0. The van der Waals surface area contributed by atoms with Crippen molar-refractivity contribution in [2.45, 2.75) is 0 Å². The minimum Gasteiger partial charge on any atom is -0.465 e. The highest BCUT2D eigenvalue weighted by atomic mass is 79.9. The molecule has 5 heteroatoms. The molecule has 0 unspecified atom stereocenters. The minimum absolute atomic E-state index is 0.345. The van der Waals surface area contributed by atoms with Crippen molar-refractivity contribution in [3.05, 3.63) is 28.2 Å². The first kappa shape index (κ1) is 11.4. The largest absolute Gasteiger partial charge is 0.465 e. The molecule has 0 radical (unpaired) electrons. The van der Waals surface area contributed by atoms with Crippen LogP contribution in [0.3, 0.4) is 0 Å². The zero-order valence-corrected chi connectivity index (χ0v) is 10.2. The van der Waals surface area contributed by atoms with E-state index in [1.165, 1.54) is 19.1 Å². The van der Waals surface area contributed by atoms with Gasteiger partial charge < -0.3 is 9.46 Å². The molecule has 0 saturated carbocycles. The van der Waals surface area contributed by atoms with Gasteiger partial charge >= 0.3 is 5.97 Å². The molecule has 1 rings (SSSR count). The van der Waals surface area contributed by atoms with Crippen LogP contribution in [0.15, 0.2) is 22.7 Å². The predicted octanol–water partition coefficient (Wildman–Crippen LogP) is 2.93. The molecule has 0 aliphatic heterocycles. The van der Waals surface area contributed by atoms with E-state index < -0.39 is 0 Å². The maximum atomic E-state index is 11.4. The van der Waals surface area contributed by atoms with Crippen molar-refractivity contribution in [2.24, 2.45) is 0 Å². The summed E-state index contributed by atoms with van der Waals surface area (Å²) in [6.07, 6.45) is 1.89. The van der Waals surface area contributed by atoms with Gasteiger partial charge in [-0.1, -0.05) is 27.9 Å².